The van der Waals surface area contributed by atoms with Gasteiger partial charge in [-0.3, -0.25) is 4.57 Å². The Morgan fingerprint density at radius 3 is 2.60 bits per heavy atom. The first-order valence-electron chi connectivity index (χ1n) is 8.14. The standard InChI is InChI=1S/C18H24N2O5/c1-5-23-18(22)25-12-24-17(21)20-11-14(8-9-19(3)4)15-10-13(2)6-7-16(15)20/h6-7,10-11H,5,8-9,12H2,1-4H3. The van der Waals surface area contributed by atoms with Crippen molar-refractivity contribution in [3.8, 4) is 0 Å². The average molecular weight is 348 g/mol. The molecule has 0 unspecified atom stereocenters. The lowest BCUT2D eigenvalue weighted by molar-refractivity contribution is -0.0124. The summed E-state index contributed by atoms with van der Waals surface area (Å²) in [6.07, 6.45) is 1.12. The van der Waals surface area contributed by atoms with Gasteiger partial charge in [-0.05, 0) is 52.1 Å². The smallest absolute Gasteiger partial charge is 0.435 e. The number of rotatable bonds is 6. The van der Waals surface area contributed by atoms with Crippen LogP contribution in [0.25, 0.3) is 10.9 Å². The lowest BCUT2D eigenvalue weighted by atomic mass is 10.1. The van der Waals surface area contributed by atoms with Crippen LogP contribution in [0.15, 0.2) is 24.4 Å². The van der Waals surface area contributed by atoms with E-state index in [1.807, 2.05) is 33.2 Å². The first kappa shape index (κ1) is 18.8. The highest BCUT2D eigenvalue weighted by molar-refractivity contribution is 5.92. The second-order valence-corrected chi connectivity index (χ2v) is 5.95. The van der Waals surface area contributed by atoms with Gasteiger partial charge in [-0.2, -0.15) is 0 Å². The van der Waals surface area contributed by atoms with E-state index in [2.05, 4.69) is 20.4 Å². The monoisotopic (exact) mass is 348 g/mol. The maximum Gasteiger partial charge on any atom is 0.511 e. The molecular weight excluding hydrogens is 324 g/mol. The van der Waals surface area contributed by atoms with Crippen molar-refractivity contribution < 1.29 is 23.8 Å². The Labute approximate surface area is 147 Å². The van der Waals surface area contributed by atoms with Crippen LogP contribution in [0.3, 0.4) is 0 Å². The van der Waals surface area contributed by atoms with Crippen molar-refractivity contribution in [2.45, 2.75) is 20.3 Å². The maximum absolute atomic E-state index is 12.3. The Balaban J connectivity index is 2.16. The van der Waals surface area contributed by atoms with E-state index in [0.717, 1.165) is 35.0 Å². The van der Waals surface area contributed by atoms with E-state index in [-0.39, 0.29) is 6.61 Å². The second-order valence-electron chi connectivity index (χ2n) is 5.95. The van der Waals surface area contributed by atoms with Crippen molar-refractivity contribution in [1.82, 2.24) is 9.47 Å². The van der Waals surface area contributed by atoms with Crippen molar-refractivity contribution >= 4 is 23.2 Å². The summed E-state index contributed by atoms with van der Waals surface area (Å²) >= 11 is 0. The third-order valence-corrected chi connectivity index (χ3v) is 3.69. The summed E-state index contributed by atoms with van der Waals surface area (Å²) in [5.74, 6) is 0. The van der Waals surface area contributed by atoms with Gasteiger partial charge >= 0.3 is 12.2 Å². The van der Waals surface area contributed by atoms with Gasteiger partial charge in [0.25, 0.3) is 0 Å². The fourth-order valence-corrected chi connectivity index (χ4v) is 2.46. The van der Waals surface area contributed by atoms with Crippen LogP contribution >= 0.6 is 0 Å². The number of carbonyl (C=O) groups excluding carboxylic acids is 2. The van der Waals surface area contributed by atoms with E-state index in [4.69, 9.17) is 4.74 Å². The summed E-state index contributed by atoms with van der Waals surface area (Å²) in [5.41, 5.74) is 2.95. The first-order chi connectivity index (χ1) is 11.9. The summed E-state index contributed by atoms with van der Waals surface area (Å²) in [6, 6.07) is 5.88. The van der Waals surface area contributed by atoms with Crippen LogP contribution in [0.1, 0.15) is 18.1 Å². The van der Waals surface area contributed by atoms with Gasteiger partial charge < -0.3 is 19.1 Å². The summed E-state index contributed by atoms with van der Waals surface area (Å²) in [7, 11) is 4.01. The fraction of sp³-hybridized carbons (Fsp3) is 0.444. The zero-order valence-corrected chi connectivity index (χ0v) is 15.1. The Kier molecular flexibility index (Phi) is 6.41. The molecule has 0 bridgehead atoms. The topological polar surface area (TPSA) is 70.0 Å². The molecule has 0 N–H and O–H groups in total. The Hall–Kier alpha value is -2.54. The molecular formula is C18H24N2O5. The number of hydrogen-bond donors (Lipinski definition) is 0. The first-order valence-corrected chi connectivity index (χ1v) is 8.14. The Morgan fingerprint density at radius 1 is 1.16 bits per heavy atom. The molecule has 0 saturated carbocycles. The molecule has 2 rings (SSSR count). The molecule has 0 aliphatic heterocycles. The molecule has 0 aliphatic rings. The number of nitrogens with zero attached hydrogens (tertiary/aromatic N) is 2. The van der Waals surface area contributed by atoms with Crippen molar-refractivity contribution in [3.05, 3.63) is 35.5 Å². The zero-order chi connectivity index (χ0) is 18.4. The van der Waals surface area contributed by atoms with Gasteiger partial charge in [-0.15, -0.1) is 0 Å². The second kappa shape index (κ2) is 8.53. The quantitative estimate of drug-likeness (QED) is 0.590. The average Bonchev–Trinajstić information content (AvgIpc) is 2.91. The molecule has 25 heavy (non-hydrogen) atoms. The van der Waals surface area contributed by atoms with Crippen LogP contribution in [-0.2, 0) is 20.6 Å². The van der Waals surface area contributed by atoms with Crippen LogP contribution in [0.5, 0.6) is 0 Å². The lowest BCUT2D eigenvalue weighted by Gasteiger charge is -2.08. The Morgan fingerprint density at radius 2 is 1.92 bits per heavy atom. The molecule has 2 aromatic rings. The largest absolute Gasteiger partial charge is 0.511 e. The van der Waals surface area contributed by atoms with Gasteiger partial charge in [0.05, 0.1) is 12.1 Å². The minimum atomic E-state index is -0.866. The number of carbonyl (C=O) groups is 2. The lowest BCUT2D eigenvalue weighted by Crippen LogP contribution is -2.17. The number of likely N-dealkylation sites (N-methyl/N-ethyl adjacent to an activating group) is 1. The molecule has 136 valence electrons. The predicted molar refractivity (Wildman–Crippen MR) is 93.8 cm³/mol. The summed E-state index contributed by atoms with van der Waals surface area (Å²) in [5, 5.41) is 1.02. The number of hydrogen-bond acceptors (Lipinski definition) is 6. The van der Waals surface area contributed by atoms with E-state index < -0.39 is 19.0 Å². The Bertz CT molecular complexity index is 751. The highest BCUT2D eigenvalue weighted by Gasteiger charge is 2.16. The van der Waals surface area contributed by atoms with E-state index in [0.29, 0.717) is 0 Å². The van der Waals surface area contributed by atoms with Gasteiger partial charge in [-0.1, -0.05) is 11.6 Å². The number of ether oxygens (including phenoxy) is 3. The predicted octanol–water partition coefficient (Wildman–Crippen LogP) is 3.17. The molecule has 0 saturated heterocycles. The van der Waals surface area contributed by atoms with Crippen molar-refractivity contribution in [2.24, 2.45) is 0 Å². The van der Waals surface area contributed by atoms with Crippen LogP contribution in [0, 0.1) is 6.92 Å². The van der Waals surface area contributed by atoms with Gasteiger partial charge in [-0.25, -0.2) is 9.59 Å². The highest BCUT2D eigenvalue weighted by Crippen LogP contribution is 2.23. The molecule has 1 heterocycles. The van der Waals surface area contributed by atoms with Crippen molar-refractivity contribution in [2.75, 3.05) is 34.0 Å². The van der Waals surface area contributed by atoms with Crippen molar-refractivity contribution in [3.63, 3.8) is 0 Å². The third kappa shape index (κ3) is 4.96. The van der Waals surface area contributed by atoms with Gasteiger partial charge in [0, 0.05) is 18.1 Å². The van der Waals surface area contributed by atoms with Crippen LogP contribution < -0.4 is 0 Å². The molecule has 0 radical (unpaired) electrons. The minimum absolute atomic E-state index is 0.198. The normalized spacial score (nSPS) is 10.9. The molecule has 0 atom stereocenters. The number of fused-ring (bicyclic) bond motifs is 1. The number of benzene rings is 1. The number of aromatic nitrogens is 1. The summed E-state index contributed by atoms with van der Waals surface area (Å²) in [4.78, 5) is 25.5. The molecule has 1 aromatic carbocycles. The van der Waals surface area contributed by atoms with E-state index >= 15 is 0 Å². The SMILES string of the molecule is CCOC(=O)OCOC(=O)n1cc(CCN(C)C)c2cc(C)ccc21. The van der Waals surface area contributed by atoms with Gasteiger partial charge in [0.2, 0.25) is 6.79 Å². The maximum atomic E-state index is 12.3. The molecule has 7 heteroatoms. The highest BCUT2D eigenvalue weighted by atomic mass is 16.8. The van der Waals surface area contributed by atoms with E-state index in [1.54, 1.807) is 13.1 Å². The molecule has 0 spiro atoms. The van der Waals surface area contributed by atoms with E-state index in [1.165, 1.54) is 4.57 Å². The van der Waals surface area contributed by atoms with Crippen LogP contribution in [0.2, 0.25) is 0 Å². The summed E-state index contributed by atoms with van der Waals surface area (Å²) in [6.45, 7) is 4.25. The van der Waals surface area contributed by atoms with Crippen LogP contribution in [0.4, 0.5) is 9.59 Å². The molecule has 0 amide bonds. The molecule has 7 nitrogen and oxygen atoms in total. The molecule has 0 fully saturated rings. The van der Waals surface area contributed by atoms with Crippen LogP contribution in [-0.4, -0.2) is 55.8 Å². The molecule has 0 aliphatic carbocycles. The fourth-order valence-electron chi connectivity index (χ4n) is 2.46. The van der Waals surface area contributed by atoms with E-state index in [9.17, 15) is 9.59 Å². The number of aryl methyl sites for hydroxylation is 1. The minimum Gasteiger partial charge on any atom is -0.435 e. The van der Waals surface area contributed by atoms with Gasteiger partial charge in [0.1, 0.15) is 0 Å². The third-order valence-electron chi connectivity index (χ3n) is 3.69. The van der Waals surface area contributed by atoms with Gasteiger partial charge in [0.15, 0.2) is 0 Å². The zero-order valence-electron chi connectivity index (χ0n) is 15.1. The summed E-state index contributed by atoms with van der Waals surface area (Å²) < 4.78 is 15.7. The van der Waals surface area contributed by atoms with Crippen molar-refractivity contribution in [1.29, 1.82) is 0 Å². The molecule has 1 aromatic heterocycles.